The van der Waals surface area contributed by atoms with Gasteiger partial charge < -0.3 is 24.8 Å². The molecule has 0 unspecified atom stereocenters. The van der Waals surface area contributed by atoms with Crippen molar-refractivity contribution in [3.8, 4) is 0 Å². The lowest BCUT2D eigenvalue weighted by Crippen LogP contribution is -2.52. The van der Waals surface area contributed by atoms with Gasteiger partial charge in [0.05, 0.1) is 0 Å². The molecule has 27 heavy (non-hydrogen) atoms. The van der Waals surface area contributed by atoms with Crippen LogP contribution in [-0.2, 0) is 23.9 Å². The van der Waals surface area contributed by atoms with E-state index in [9.17, 15) is 19.2 Å². The molecule has 9 heteroatoms. The highest BCUT2D eigenvalue weighted by atomic mass is 16.6. The van der Waals surface area contributed by atoms with Gasteiger partial charge in [0.25, 0.3) is 0 Å². The summed E-state index contributed by atoms with van der Waals surface area (Å²) in [6, 6.07) is -2.97. The lowest BCUT2D eigenvalue weighted by Gasteiger charge is -2.28. The Balaban J connectivity index is 5.14. The molecule has 2 amide bonds. The molecule has 0 aromatic carbocycles. The number of ether oxygens (including phenoxy) is 2. The highest BCUT2D eigenvalue weighted by Gasteiger charge is 2.30. The van der Waals surface area contributed by atoms with E-state index in [0.29, 0.717) is 0 Å². The van der Waals surface area contributed by atoms with Crippen molar-refractivity contribution < 1.29 is 33.8 Å². The van der Waals surface area contributed by atoms with Crippen molar-refractivity contribution in [1.29, 1.82) is 0 Å². The maximum absolute atomic E-state index is 12.4. The fourth-order valence-corrected chi connectivity index (χ4v) is 1.87. The summed E-state index contributed by atoms with van der Waals surface area (Å²) in [7, 11) is 1.30. The number of esters is 2. The number of carbonyl (C=O) groups is 4. The fraction of sp³-hybridized carbons (Fsp3) is 0.778. The van der Waals surface area contributed by atoms with Crippen LogP contribution in [-0.4, -0.2) is 64.3 Å². The van der Waals surface area contributed by atoms with Crippen LogP contribution in [0, 0.1) is 0 Å². The van der Waals surface area contributed by atoms with Crippen molar-refractivity contribution >= 4 is 23.9 Å². The molecule has 0 aliphatic rings. The van der Waals surface area contributed by atoms with Gasteiger partial charge in [0, 0.05) is 13.5 Å². The van der Waals surface area contributed by atoms with E-state index in [2.05, 4.69) is 5.32 Å². The molecular formula is C18H32N2O7. The van der Waals surface area contributed by atoms with Gasteiger partial charge in [-0.05, 0) is 54.9 Å². The van der Waals surface area contributed by atoms with E-state index in [1.165, 1.54) is 14.0 Å². The van der Waals surface area contributed by atoms with Crippen LogP contribution in [0.4, 0.5) is 4.79 Å². The fourth-order valence-electron chi connectivity index (χ4n) is 1.87. The van der Waals surface area contributed by atoms with Crippen LogP contribution in [0.15, 0.2) is 0 Å². The third kappa shape index (κ3) is 10.4. The van der Waals surface area contributed by atoms with Crippen LogP contribution in [0.25, 0.3) is 0 Å². The number of rotatable bonds is 7. The summed E-state index contributed by atoms with van der Waals surface area (Å²) in [5, 5.41) is 11.4. The lowest BCUT2D eigenvalue weighted by molar-refractivity contribution is -0.158. The largest absolute Gasteiger partial charge is 0.480 e. The maximum Gasteiger partial charge on any atom is 0.329 e. The number of urea groups is 1. The quantitative estimate of drug-likeness (QED) is 0.639. The number of likely N-dealkylation sites (N-methyl/N-ethyl adjacent to an activating group) is 1. The molecule has 0 aromatic rings. The highest BCUT2D eigenvalue weighted by molar-refractivity contribution is 5.86. The zero-order valence-electron chi connectivity index (χ0n) is 17.4. The van der Waals surface area contributed by atoms with Gasteiger partial charge >= 0.3 is 23.9 Å². The average Bonchev–Trinajstić information content (AvgIpc) is 2.45. The summed E-state index contributed by atoms with van der Waals surface area (Å²) >= 11 is 0. The smallest absolute Gasteiger partial charge is 0.329 e. The van der Waals surface area contributed by atoms with Gasteiger partial charge in [0.1, 0.15) is 23.3 Å². The second-order valence-corrected chi connectivity index (χ2v) is 8.29. The van der Waals surface area contributed by atoms with Crippen LogP contribution >= 0.6 is 0 Å². The minimum absolute atomic E-state index is 0.0368. The molecule has 0 spiro atoms. The predicted molar refractivity (Wildman–Crippen MR) is 98.1 cm³/mol. The van der Waals surface area contributed by atoms with Gasteiger partial charge in [-0.25, -0.2) is 14.4 Å². The summed E-state index contributed by atoms with van der Waals surface area (Å²) in [6.07, 6.45) is -0.148. The van der Waals surface area contributed by atoms with Gasteiger partial charge in [-0.1, -0.05) is 0 Å². The first kappa shape index (κ1) is 24.7. The van der Waals surface area contributed by atoms with E-state index in [0.717, 1.165) is 4.90 Å². The standard InChI is InChI=1S/C18H32N2O7/c1-11(14(22)23)20(8)16(25)19-12(15(24)27-18(5,6)7)9-10-13(21)26-17(2,3)4/h11-12H,9-10H2,1-8H3,(H,19,25)(H,22,23)/t11-,12-/m0/s1. The molecule has 0 bridgehead atoms. The second-order valence-electron chi connectivity index (χ2n) is 8.29. The molecule has 0 saturated heterocycles. The Kier molecular flexibility index (Phi) is 8.75. The summed E-state index contributed by atoms with van der Waals surface area (Å²) in [6.45, 7) is 11.5. The number of amides is 2. The van der Waals surface area contributed by atoms with Crippen molar-refractivity contribution in [2.24, 2.45) is 0 Å². The lowest BCUT2D eigenvalue weighted by atomic mass is 10.1. The topological polar surface area (TPSA) is 122 Å². The third-order valence-electron chi connectivity index (χ3n) is 3.30. The first-order valence-corrected chi connectivity index (χ1v) is 8.74. The monoisotopic (exact) mass is 388 g/mol. The van der Waals surface area contributed by atoms with Crippen molar-refractivity contribution in [1.82, 2.24) is 10.2 Å². The molecular weight excluding hydrogens is 356 g/mol. The van der Waals surface area contributed by atoms with E-state index in [1.54, 1.807) is 41.5 Å². The Bertz CT molecular complexity index is 561. The maximum atomic E-state index is 12.4. The molecule has 156 valence electrons. The van der Waals surface area contributed by atoms with Crippen molar-refractivity contribution in [3.63, 3.8) is 0 Å². The minimum Gasteiger partial charge on any atom is -0.480 e. The molecule has 0 saturated carbocycles. The van der Waals surface area contributed by atoms with Gasteiger partial charge in [0.2, 0.25) is 0 Å². The number of hydrogen-bond acceptors (Lipinski definition) is 6. The number of carbonyl (C=O) groups excluding carboxylic acids is 3. The van der Waals surface area contributed by atoms with Gasteiger partial charge in [0.15, 0.2) is 0 Å². The molecule has 0 aromatic heterocycles. The van der Waals surface area contributed by atoms with Crippen LogP contribution in [0.2, 0.25) is 0 Å². The molecule has 0 aliphatic heterocycles. The average molecular weight is 388 g/mol. The summed E-state index contributed by atoms with van der Waals surface area (Å²) < 4.78 is 10.5. The van der Waals surface area contributed by atoms with Gasteiger partial charge in [-0.15, -0.1) is 0 Å². The zero-order valence-corrected chi connectivity index (χ0v) is 17.4. The first-order valence-electron chi connectivity index (χ1n) is 8.74. The minimum atomic E-state index is -1.18. The Hall–Kier alpha value is -2.32. The number of nitrogens with zero attached hydrogens (tertiary/aromatic N) is 1. The Labute approximate surface area is 160 Å². The van der Waals surface area contributed by atoms with Crippen LogP contribution in [0.3, 0.4) is 0 Å². The normalized spacial score (nSPS) is 13.9. The number of nitrogens with one attached hydrogen (secondary N) is 1. The Morgan fingerprint density at radius 1 is 1.00 bits per heavy atom. The van der Waals surface area contributed by atoms with Crippen molar-refractivity contribution in [3.05, 3.63) is 0 Å². The van der Waals surface area contributed by atoms with E-state index in [-0.39, 0.29) is 12.8 Å². The van der Waals surface area contributed by atoms with E-state index in [1.807, 2.05) is 0 Å². The predicted octanol–water partition coefficient (Wildman–Crippen LogP) is 1.93. The van der Waals surface area contributed by atoms with E-state index < -0.39 is 47.2 Å². The van der Waals surface area contributed by atoms with E-state index in [4.69, 9.17) is 14.6 Å². The van der Waals surface area contributed by atoms with Crippen molar-refractivity contribution in [2.45, 2.75) is 84.6 Å². The number of hydrogen-bond donors (Lipinski definition) is 2. The van der Waals surface area contributed by atoms with E-state index >= 15 is 0 Å². The van der Waals surface area contributed by atoms with Crippen LogP contribution < -0.4 is 5.32 Å². The molecule has 2 N–H and O–H groups in total. The molecule has 9 nitrogen and oxygen atoms in total. The summed E-state index contributed by atoms with van der Waals surface area (Å²) in [5.74, 6) is -2.41. The van der Waals surface area contributed by atoms with Gasteiger partial charge in [-0.3, -0.25) is 4.79 Å². The Morgan fingerprint density at radius 2 is 1.48 bits per heavy atom. The summed E-state index contributed by atoms with van der Waals surface area (Å²) in [4.78, 5) is 48.6. The number of aliphatic carboxylic acids is 1. The number of carboxylic acids is 1. The third-order valence-corrected chi connectivity index (χ3v) is 3.30. The Morgan fingerprint density at radius 3 is 1.89 bits per heavy atom. The zero-order chi connectivity index (χ0) is 21.6. The molecule has 0 aliphatic carbocycles. The van der Waals surface area contributed by atoms with Crippen LogP contribution in [0.1, 0.15) is 61.3 Å². The summed E-state index contributed by atoms with van der Waals surface area (Å²) in [5.41, 5.74) is -1.45. The SMILES string of the molecule is C[C@@H](C(=O)O)N(C)C(=O)N[C@@H](CCC(=O)OC(C)(C)C)C(=O)OC(C)(C)C. The van der Waals surface area contributed by atoms with Crippen molar-refractivity contribution in [2.75, 3.05) is 7.05 Å². The first-order chi connectivity index (χ1) is 12.0. The highest BCUT2D eigenvalue weighted by Crippen LogP contribution is 2.14. The molecule has 0 fully saturated rings. The second kappa shape index (κ2) is 9.57. The molecule has 0 heterocycles. The van der Waals surface area contributed by atoms with Crippen LogP contribution in [0.5, 0.6) is 0 Å². The molecule has 0 radical (unpaired) electrons. The van der Waals surface area contributed by atoms with Gasteiger partial charge in [-0.2, -0.15) is 0 Å². The number of carboxylic acid groups (broad SMARTS) is 1. The molecule has 2 atom stereocenters. The molecule has 0 rings (SSSR count).